The number of ketones is 1. The van der Waals surface area contributed by atoms with E-state index in [1.54, 1.807) is 24.3 Å². The smallest absolute Gasteiger partial charge is 0.215 e. The van der Waals surface area contributed by atoms with Gasteiger partial charge in [-0.15, -0.1) is 0 Å². The van der Waals surface area contributed by atoms with Gasteiger partial charge in [0.2, 0.25) is 5.78 Å². The summed E-state index contributed by atoms with van der Waals surface area (Å²) in [6.45, 7) is 2.53. The second-order valence-corrected chi connectivity index (χ2v) is 4.04. The van der Waals surface area contributed by atoms with Gasteiger partial charge in [0.05, 0.1) is 18.4 Å². The molecule has 0 aliphatic rings. The first-order valence-electron chi connectivity index (χ1n) is 6.10. The molecule has 19 heavy (non-hydrogen) atoms. The van der Waals surface area contributed by atoms with Crippen LogP contribution >= 0.6 is 0 Å². The fourth-order valence-electron chi connectivity index (χ4n) is 1.64. The van der Waals surface area contributed by atoms with Crippen LogP contribution < -0.4 is 4.74 Å². The van der Waals surface area contributed by atoms with Crippen molar-refractivity contribution in [2.24, 2.45) is 0 Å². The molecule has 1 aromatic heterocycles. The molecular weight excluding hydrogens is 245 g/mol. The van der Waals surface area contributed by atoms with Gasteiger partial charge in [0, 0.05) is 0 Å². The van der Waals surface area contributed by atoms with Crippen molar-refractivity contribution in [3.8, 4) is 5.75 Å². The van der Waals surface area contributed by atoms with E-state index in [0.717, 1.165) is 12.6 Å². The summed E-state index contributed by atoms with van der Waals surface area (Å²) >= 11 is 0. The molecule has 0 saturated carbocycles. The van der Waals surface area contributed by atoms with Crippen LogP contribution in [-0.2, 0) is 0 Å². The Morgan fingerprint density at radius 1 is 1.26 bits per heavy atom. The van der Waals surface area contributed by atoms with E-state index < -0.39 is 5.82 Å². The van der Waals surface area contributed by atoms with Crippen LogP contribution in [0.3, 0.4) is 0 Å². The highest BCUT2D eigenvalue weighted by Gasteiger charge is 2.15. The van der Waals surface area contributed by atoms with Crippen LogP contribution in [0.15, 0.2) is 42.6 Å². The molecule has 98 valence electrons. The van der Waals surface area contributed by atoms with E-state index in [0.29, 0.717) is 17.9 Å². The van der Waals surface area contributed by atoms with E-state index in [1.165, 1.54) is 12.1 Å². The number of nitrogens with zero attached hydrogens (tertiary/aromatic N) is 1. The lowest BCUT2D eigenvalue weighted by Crippen LogP contribution is -2.07. The summed E-state index contributed by atoms with van der Waals surface area (Å²) in [6.07, 6.45) is 1.89. The van der Waals surface area contributed by atoms with Crippen molar-refractivity contribution in [2.45, 2.75) is 13.3 Å². The fourth-order valence-corrected chi connectivity index (χ4v) is 1.64. The molecule has 0 saturated heterocycles. The third kappa shape index (κ3) is 3.16. The molecule has 0 bridgehead atoms. The van der Waals surface area contributed by atoms with Gasteiger partial charge in [-0.05, 0) is 30.7 Å². The van der Waals surface area contributed by atoms with Gasteiger partial charge in [0.25, 0.3) is 0 Å². The van der Waals surface area contributed by atoms with E-state index in [-0.39, 0.29) is 11.5 Å². The summed E-state index contributed by atoms with van der Waals surface area (Å²) in [5.41, 5.74) is 0.643. The molecule has 0 amide bonds. The van der Waals surface area contributed by atoms with Crippen molar-refractivity contribution in [3.05, 3.63) is 59.7 Å². The number of carbonyl (C=O) groups excluding carboxylic acids is 1. The molecule has 0 aliphatic heterocycles. The number of hydrogen-bond donors (Lipinski definition) is 0. The van der Waals surface area contributed by atoms with E-state index in [2.05, 4.69) is 4.98 Å². The molecule has 0 N–H and O–H groups in total. The minimum Gasteiger partial charge on any atom is -0.493 e. The highest BCUT2D eigenvalue weighted by atomic mass is 19.1. The summed E-state index contributed by atoms with van der Waals surface area (Å²) in [4.78, 5) is 16.1. The largest absolute Gasteiger partial charge is 0.493 e. The lowest BCUT2D eigenvalue weighted by molar-refractivity contribution is 0.103. The lowest BCUT2D eigenvalue weighted by Gasteiger charge is -2.09. The molecule has 0 atom stereocenters. The Hall–Kier alpha value is -2.23. The number of benzene rings is 1. The van der Waals surface area contributed by atoms with Crippen molar-refractivity contribution in [3.63, 3.8) is 0 Å². The predicted octanol–water partition coefficient (Wildman–Crippen LogP) is 3.24. The SMILES string of the molecule is CCCOc1ccccc1C(=O)c1ccc(F)cn1. The monoisotopic (exact) mass is 259 g/mol. The molecule has 3 nitrogen and oxygen atoms in total. The van der Waals surface area contributed by atoms with Crippen molar-refractivity contribution in [2.75, 3.05) is 6.61 Å². The van der Waals surface area contributed by atoms with Crippen LogP contribution in [0.5, 0.6) is 5.75 Å². The summed E-state index contributed by atoms with van der Waals surface area (Å²) in [5.74, 6) is -0.209. The Labute approximate surface area is 111 Å². The van der Waals surface area contributed by atoms with Crippen molar-refractivity contribution < 1.29 is 13.9 Å². The number of para-hydroxylation sites is 1. The molecule has 1 heterocycles. The van der Waals surface area contributed by atoms with Gasteiger partial charge in [0.15, 0.2) is 0 Å². The highest BCUT2D eigenvalue weighted by Crippen LogP contribution is 2.21. The van der Waals surface area contributed by atoms with Crippen LogP contribution in [0, 0.1) is 5.82 Å². The van der Waals surface area contributed by atoms with Gasteiger partial charge in [-0.25, -0.2) is 9.37 Å². The summed E-state index contributed by atoms with van der Waals surface area (Å²) < 4.78 is 18.3. The number of rotatable bonds is 5. The molecule has 2 aromatic rings. The van der Waals surface area contributed by atoms with Crippen LogP contribution in [0.4, 0.5) is 4.39 Å². The number of carbonyl (C=O) groups is 1. The van der Waals surface area contributed by atoms with Crippen molar-refractivity contribution in [1.29, 1.82) is 0 Å². The molecule has 0 spiro atoms. The van der Waals surface area contributed by atoms with Crippen molar-refractivity contribution in [1.82, 2.24) is 4.98 Å². The second-order valence-electron chi connectivity index (χ2n) is 4.04. The zero-order chi connectivity index (χ0) is 13.7. The van der Waals surface area contributed by atoms with Gasteiger partial charge < -0.3 is 4.74 Å². The van der Waals surface area contributed by atoms with Gasteiger partial charge in [-0.2, -0.15) is 0 Å². The number of pyridine rings is 1. The Balaban J connectivity index is 2.30. The molecule has 0 radical (unpaired) electrons. The fraction of sp³-hybridized carbons (Fsp3) is 0.200. The van der Waals surface area contributed by atoms with Gasteiger partial charge in [0.1, 0.15) is 17.3 Å². The Morgan fingerprint density at radius 2 is 2.05 bits per heavy atom. The zero-order valence-electron chi connectivity index (χ0n) is 10.6. The maximum atomic E-state index is 12.8. The topological polar surface area (TPSA) is 39.2 Å². The minimum absolute atomic E-state index is 0.203. The van der Waals surface area contributed by atoms with Crippen LogP contribution in [0.25, 0.3) is 0 Å². The second kappa shape index (κ2) is 6.09. The Bertz CT molecular complexity index is 567. The number of ether oxygens (including phenoxy) is 1. The number of halogens is 1. The Kier molecular flexibility index (Phi) is 4.23. The third-order valence-corrected chi connectivity index (χ3v) is 2.55. The third-order valence-electron chi connectivity index (χ3n) is 2.55. The van der Waals surface area contributed by atoms with E-state index in [4.69, 9.17) is 4.74 Å². The average Bonchev–Trinajstić information content (AvgIpc) is 2.45. The van der Waals surface area contributed by atoms with Crippen molar-refractivity contribution >= 4 is 5.78 Å². The zero-order valence-corrected chi connectivity index (χ0v) is 10.6. The quantitative estimate of drug-likeness (QED) is 0.774. The first kappa shape index (κ1) is 13.2. The number of hydrogen-bond acceptors (Lipinski definition) is 3. The van der Waals surface area contributed by atoms with Crippen LogP contribution in [-0.4, -0.2) is 17.4 Å². The first-order chi connectivity index (χ1) is 9.22. The predicted molar refractivity (Wildman–Crippen MR) is 69.9 cm³/mol. The first-order valence-corrected chi connectivity index (χ1v) is 6.10. The molecule has 1 aromatic carbocycles. The molecule has 0 fully saturated rings. The Morgan fingerprint density at radius 3 is 2.74 bits per heavy atom. The highest BCUT2D eigenvalue weighted by molar-refractivity contribution is 6.09. The van der Waals surface area contributed by atoms with Gasteiger partial charge in [-0.3, -0.25) is 4.79 Å². The van der Waals surface area contributed by atoms with Gasteiger partial charge >= 0.3 is 0 Å². The summed E-state index contributed by atoms with van der Waals surface area (Å²) in [6, 6.07) is 9.57. The summed E-state index contributed by atoms with van der Waals surface area (Å²) in [7, 11) is 0. The summed E-state index contributed by atoms with van der Waals surface area (Å²) in [5, 5.41) is 0. The maximum Gasteiger partial charge on any atom is 0.215 e. The normalized spacial score (nSPS) is 10.2. The number of aromatic nitrogens is 1. The van der Waals surface area contributed by atoms with Crippen LogP contribution in [0.1, 0.15) is 29.4 Å². The van der Waals surface area contributed by atoms with Crippen LogP contribution in [0.2, 0.25) is 0 Å². The molecule has 0 aliphatic carbocycles. The van der Waals surface area contributed by atoms with E-state index in [1.807, 2.05) is 6.92 Å². The van der Waals surface area contributed by atoms with Gasteiger partial charge in [-0.1, -0.05) is 19.1 Å². The lowest BCUT2D eigenvalue weighted by atomic mass is 10.1. The maximum absolute atomic E-state index is 12.8. The molecule has 0 unspecified atom stereocenters. The minimum atomic E-state index is -0.466. The average molecular weight is 259 g/mol. The van der Waals surface area contributed by atoms with E-state index in [9.17, 15) is 9.18 Å². The standard InChI is InChI=1S/C15H14FNO2/c1-2-9-19-14-6-4-3-5-12(14)15(18)13-8-7-11(16)10-17-13/h3-8,10H,2,9H2,1H3. The molecule has 4 heteroatoms. The molecular formula is C15H14FNO2. The molecule has 2 rings (SSSR count). The van der Waals surface area contributed by atoms with E-state index >= 15 is 0 Å².